The second-order valence-electron chi connectivity index (χ2n) is 4.86. The molecule has 4 nitrogen and oxygen atoms in total. The van der Waals surface area contributed by atoms with Crippen LogP contribution >= 0.6 is 11.3 Å². The Balaban J connectivity index is 1.84. The first kappa shape index (κ1) is 12.4. The third-order valence-electron chi connectivity index (χ3n) is 3.54. The van der Waals surface area contributed by atoms with Gasteiger partial charge in [0.15, 0.2) is 5.65 Å². The van der Waals surface area contributed by atoms with Crippen LogP contribution in [0.15, 0.2) is 53.5 Å². The number of hydrogen-bond donors (Lipinski definition) is 2. The van der Waals surface area contributed by atoms with Gasteiger partial charge >= 0.3 is 0 Å². The third kappa shape index (κ3) is 2.07. The molecular weight excluding hydrogens is 282 g/mol. The van der Waals surface area contributed by atoms with E-state index in [0.29, 0.717) is 0 Å². The standard InChI is InChI=1S/C16H13N3OS/c20-8-13-7-15-16(18-13)17-10-19(15)14-3-1-2-11(6-14)12-4-5-21-9-12/h1-7,9-10,18,20H,8H2. The van der Waals surface area contributed by atoms with Gasteiger partial charge in [-0.2, -0.15) is 11.3 Å². The first-order valence-electron chi connectivity index (χ1n) is 6.64. The molecule has 0 aliphatic rings. The van der Waals surface area contributed by atoms with Crippen molar-refractivity contribution >= 4 is 22.5 Å². The number of benzene rings is 1. The summed E-state index contributed by atoms with van der Waals surface area (Å²) in [5.74, 6) is 0. The van der Waals surface area contributed by atoms with Crippen LogP contribution in [-0.4, -0.2) is 19.6 Å². The van der Waals surface area contributed by atoms with Gasteiger partial charge in [-0.05, 0) is 46.2 Å². The van der Waals surface area contributed by atoms with E-state index >= 15 is 0 Å². The number of hydrogen-bond acceptors (Lipinski definition) is 3. The van der Waals surface area contributed by atoms with E-state index in [4.69, 9.17) is 0 Å². The average molecular weight is 295 g/mol. The van der Waals surface area contributed by atoms with E-state index in [0.717, 1.165) is 22.5 Å². The van der Waals surface area contributed by atoms with E-state index in [9.17, 15) is 5.11 Å². The largest absolute Gasteiger partial charge is 0.390 e. The van der Waals surface area contributed by atoms with Gasteiger partial charge in [0, 0.05) is 11.4 Å². The van der Waals surface area contributed by atoms with Crippen molar-refractivity contribution in [2.75, 3.05) is 0 Å². The van der Waals surface area contributed by atoms with Crippen molar-refractivity contribution in [3.8, 4) is 16.8 Å². The molecular formula is C16H13N3OS. The normalized spacial score (nSPS) is 11.3. The lowest BCUT2D eigenvalue weighted by molar-refractivity contribution is 0.278. The number of imidazole rings is 1. The SMILES string of the molecule is OCc1cc2c(ncn2-c2cccc(-c3ccsc3)c2)[nH]1. The van der Waals surface area contributed by atoms with Gasteiger partial charge in [0.25, 0.3) is 0 Å². The highest BCUT2D eigenvalue weighted by atomic mass is 32.1. The topological polar surface area (TPSA) is 53.8 Å². The second-order valence-corrected chi connectivity index (χ2v) is 5.64. The van der Waals surface area contributed by atoms with Crippen LogP contribution in [0.4, 0.5) is 0 Å². The number of H-pyrrole nitrogens is 1. The minimum atomic E-state index is -0.00863. The molecule has 0 spiro atoms. The Morgan fingerprint density at radius 1 is 1.19 bits per heavy atom. The van der Waals surface area contributed by atoms with Crippen molar-refractivity contribution in [2.45, 2.75) is 6.61 Å². The summed E-state index contributed by atoms with van der Waals surface area (Å²) in [4.78, 5) is 7.45. The summed E-state index contributed by atoms with van der Waals surface area (Å²) in [6, 6.07) is 12.4. The Hall–Kier alpha value is -2.37. The van der Waals surface area contributed by atoms with Crippen molar-refractivity contribution < 1.29 is 5.11 Å². The molecule has 21 heavy (non-hydrogen) atoms. The molecule has 5 heteroatoms. The number of fused-ring (bicyclic) bond motifs is 1. The maximum absolute atomic E-state index is 9.22. The van der Waals surface area contributed by atoms with Gasteiger partial charge in [0.05, 0.1) is 12.1 Å². The molecule has 1 aromatic carbocycles. The highest BCUT2D eigenvalue weighted by Gasteiger charge is 2.09. The maximum atomic E-state index is 9.22. The summed E-state index contributed by atoms with van der Waals surface area (Å²) in [6.07, 6.45) is 1.80. The van der Waals surface area contributed by atoms with Gasteiger partial charge in [-0.15, -0.1) is 0 Å². The fourth-order valence-electron chi connectivity index (χ4n) is 2.50. The molecule has 4 aromatic rings. The molecule has 0 saturated carbocycles. The van der Waals surface area contributed by atoms with Gasteiger partial charge in [-0.3, -0.25) is 4.57 Å². The summed E-state index contributed by atoms with van der Waals surface area (Å²) in [7, 11) is 0. The molecule has 0 saturated heterocycles. The summed E-state index contributed by atoms with van der Waals surface area (Å²) >= 11 is 1.69. The number of rotatable bonds is 3. The quantitative estimate of drug-likeness (QED) is 0.607. The minimum absolute atomic E-state index is 0.00863. The van der Waals surface area contributed by atoms with Gasteiger partial charge in [0.2, 0.25) is 0 Å². The first-order valence-corrected chi connectivity index (χ1v) is 7.58. The van der Waals surface area contributed by atoms with Crippen molar-refractivity contribution in [3.05, 3.63) is 59.2 Å². The molecule has 0 amide bonds. The molecule has 0 aliphatic heterocycles. The smallest absolute Gasteiger partial charge is 0.156 e. The monoisotopic (exact) mass is 295 g/mol. The van der Waals surface area contributed by atoms with Gasteiger partial charge in [-0.25, -0.2) is 4.98 Å². The highest BCUT2D eigenvalue weighted by molar-refractivity contribution is 7.08. The van der Waals surface area contributed by atoms with Crippen molar-refractivity contribution in [2.24, 2.45) is 0 Å². The lowest BCUT2D eigenvalue weighted by Crippen LogP contribution is -1.91. The summed E-state index contributed by atoms with van der Waals surface area (Å²) in [6.45, 7) is -0.00863. The zero-order chi connectivity index (χ0) is 14.2. The molecule has 0 bridgehead atoms. The van der Waals surface area contributed by atoms with Gasteiger partial charge in [-0.1, -0.05) is 12.1 Å². The fraction of sp³-hybridized carbons (Fsp3) is 0.0625. The van der Waals surface area contributed by atoms with Crippen LogP contribution in [0.2, 0.25) is 0 Å². The second kappa shape index (κ2) is 4.87. The maximum Gasteiger partial charge on any atom is 0.156 e. The number of nitrogens with zero attached hydrogens (tertiary/aromatic N) is 2. The Bertz CT molecular complexity index is 889. The zero-order valence-corrected chi connectivity index (χ0v) is 12.0. The predicted molar refractivity (Wildman–Crippen MR) is 84.7 cm³/mol. The molecule has 0 aliphatic carbocycles. The van der Waals surface area contributed by atoms with E-state index in [-0.39, 0.29) is 6.61 Å². The lowest BCUT2D eigenvalue weighted by Gasteiger charge is -2.05. The Labute approximate surface area is 125 Å². The van der Waals surface area contributed by atoms with E-state index in [1.54, 1.807) is 17.7 Å². The van der Waals surface area contributed by atoms with E-state index in [2.05, 4.69) is 45.0 Å². The number of nitrogens with one attached hydrogen (secondary N) is 1. The van der Waals surface area contributed by atoms with Crippen molar-refractivity contribution in [1.29, 1.82) is 0 Å². The number of aromatic nitrogens is 3. The average Bonchev–Trinajstić information content (AvgIpc) is 3.23. The molecule has 3 aromatic heterocycles. The van der Waals surface area contributed by atoms with Crippen LogP contribution < -0.4 is 0 Å². The van der Waals surface area contributed by atoms with Crippen LogP contribution in [0.5, 0.6) is 0 Å². The zero-order valence-electron chi connectivity index (χ0n) is 11.2. The van der Waals surface area contributed by atoms with Gasteiger partial charge < -0.3 is 10.1 Å². The number of thiophene rings is 1. The fourth-order valence-corrected chi connectivity index (χ4v) is 3.17. The highest BCUT2D eigenvalue weighted by Crippen LogP contribution is 2.26. The summed E-state index contributed by atoms with van der Waals surface area (Å²) in [5, 5.41) is 13.4. The molecule has 2 N–H and O–H groups in total. The third-order valence-corrected chi connectivity index (χ3v) is 4.23. The molecule has 0 atom stereocenters. The summed E-state index contributed by atoms with van der Waals surface area (Å²) < 4.78 is 2.03. The first-order chi connectivity index (χ1) is 10.3. The molecule has 0 radical (unpaired) electrons. The van der Waals surface area contributed by atoms with E-state index < -0.39 is 0 Å². The van der Waals surface area contributed by atoms with E-state index in [1.165, 1.54) is 11.1 Å². The molecule has 104 valence electrons. The number of aliphatic hydroxyl groups excluding tert-OH is 1. The van der Waals surface area contributed by atoms with Crippen molar-refractivity contribution in [3.63, 3.8) is 0 Å². The van der Waals surface area contributed by atoms with E-state index in [1.807, 2.05) is 16.7 Å². The summed E-state index contributed by atoms with van der Waals surface area (Å²) in [5.41, 5.74) is 6.01. The van der Waals surface area contributed by atoms with Crippen LogP contribution in [0, 0.1) is 0 Å². The number of aromatic amines is 1. The molecule has 0 unspecified atom stereocenters. The Morgan fingerprint density at radius 2 is 2.14 bits per heavy atom. The van der Waals surface area contributed by atoms with Crippen molar-refractivity contribution in [1.82, 2.24) is 14.5 Å². The minimum Gasteiger partial charge on any atom is -0.390 e. The predicted octanol–water partition coefficient (Wildman–Crippen LogP) is 3.57. The molecule has 0 fully saturated rings. The Kier molecular flexibility index (Phi) is 2.87. The molecule has 4 rings (SSSR count). The lowest BCUT2D eigenvalue weighted by atomic mass is 10.1. The van der Waals surface area contributed by atoms with Crippen LogP contribution in [-0.2, 0) is 6.61 Å². The molecule has 3 heterocycles. The Morgan fingerprint density at radius 3 is 2.95 bits per heavy atom. The van der Waals surface area contributed by atoms with Crippen LogP contribution in [0.3, 0.4) is 0 Å². The van der Waals surface area contributed by atoms with Gasteiger partial charge in [0.1, 0.15) is 6.33 Å². The van der Waals surface area contributed by atoms with Crippen LogP contribution in [0.1, 0.15) is 5.69 Å². The number of aliphatic hydroxyl groups is 1. The van der Waals surface area contributed by atoms with Crippen LogP contribution in [0.25, 0.3) is 28.0 Å².